The number of rotatable bonds is 2. The van der Waals surface area contributed by atoms with Crippen LogP contribution < -0.4 is 5.32 Å². The van der Waals surface area contributed by atoms with Gasteiger partial charge in [-0.2, -0.15) is 0 Å². The number of nitrogens with one attached hydrogen (secondary N) is 1. The molecule has 0 unspecified atom stereocenters. The first-order valence-corrected chi connectivity index (χ1v) is 7.67. The molecule has 1 amide bonds. The summed E-state index contributed by atoms with van der Waals surface area (Å²) in [7, 11) is -1.41. The van der Waals surface area contributed by atoms with Gasteiger partial charge in [-0.05, 0) is 24.3 Å². The summed E-state index contributed by atoms with van der Waals surface area (Å²) in [5, 5.41) is 11.6. The molecule has 1 atom stereocenters. The Balaban J connectivity index is 1.81. The Hall–Kier alpha value is -2.22. The number of nitrogens with zero attached hydrogens (tertiary/aromatic N) is 3. The zero-order valence-electron chi connectivity index (χ0n) is 10.6. The molecule has 8 heteroatoms. The van der Waals surface area contributed by atoms with Crippen LogP contribution >= 0.6 is 0 Å². The quantitative estimate of drug-likeness (QED) is 0.841. The molecule has 2 aromatic rings. The third kappa shape index (κ3) is 2.29. The van der Waals surface area contributed by atoms with Gasteiger partial charge in [-0.1, -0.05) is 5.21 Å². The number of carbonyl (C=O) groups is 1. The minimum Gasteiger partial charge on any atom is -0.345 e. The number of sulfone groups is 1. The Morgan fingerprint density at radius 3 is 2.95 bits per heavy atom. The van der Waals surface area contributed by atoms with Crippen LogP contribution in [0.15, 0.2) is 29.7 Å². The molecule has 0 bridgehead atoms. The average molecular weight is 292 g/mol. The van der Waals surface area contributed by atoms with Crippen molar-refractivity contribution < 1.29 is 13.2 Å². The van der Waals surface area contributed by atoms with Crippen molar-refractivity contribution in [3.8, 4) is 0 Å². The molecular formula is C12H12N4O3S. The molecule has 7 nitrogen and oxygen atoms in total. The molecule has 1 aliphatic rings. The van der Waals surface area contributed by atoms with Crippen LogP contribution in [-0.4, -0.2) is 41.1 Å². The molecule has 20 heavy (non-hydrogen) atoms. The Morgan fingerprint density at radius 1 is 1.45 bits per heavy atom. The van der Waals surface area contributed by atoms with Gasteiger partial charge in [0.25, 0.3) is 5.91 Å². The third-order valence-electron chi connectivity index (χ3n) is 3.12. The third-order valence-corrected chi connectivity index (χ3v) is 4.51. The summed E-state index contributed by atoms with van der Waals surface area (Å²) in [4.78, 5) is 12.1. The first-order chi connectivity index (χ1) is 9.44. The predicted octanol–water partition coefficient (Wildman–Crippen LogP) is 0.00880. The van der Waals surface area contributed by atoms with Crippen molar-refractivity contribution in [2.75, 3.05) is 5.75 Å². The summed E-state index contributed by atoms with van der Waals surface area (Å²) < 4.78 is 24.2. The van der Waals surface area contributed by atoms with Crippen LogP contribution in [0.1, 0.15) is 10.4 Å². The van der Waals surface area contributed by atoms with Gasteiger partial charge < -0.3 is 5.32 Å². The second kappa shape index (κ2) is 4.41. The van der Waals surface area contributed by atoms with E-state index in [0.29, 0.717) is 11.1 Å². The van der Waals surface area contributed by atoms with E-state index in [9.17, 15) is 13.2 Å². The molecule has 2 heterocycles. The molecule has 1 aliphatic heterocycles. The number of carbonyl (C=O) groups excluding carboxylic acids is 1. The number of benzene rings is 1. The Bertz CT molecular complexity index is 822. The minimum absolute atomic E-state index is 0.0911. The van der Waals surface area contributed by atoms with Crippen molar-refractivity contribution in [1.82, 2.24) is 20.3 Å². The van der Waals surface area contributed by atoms with Crippen molar-refractivity contribution in [2.45, 2.75) is 6.04 Å². The molecule has 0 aliphatic carbocycles. The summed E-state index contributed by atoms with van der Waals surface area (Å²) in [6, 6.07) is 4.56. The lowest BCUT2D eigenvalue weighted by atomic mass is 10.1. The predicted molar refractivity (Wildman–Crippen MR) is 72.7 cm³/mol. The van der Waals surface area contributed by atoms with Crippen LogP contribution in [0, 0.1) is 0 Å². The largest absolute Gasteiger partial charge is 0.345 e. The highest BCUT2D eigenvalue weighted by atomic mass is 32.2. The molecule has 0 spiro atoms. The zero-order chi connectivity index (χ0) is 14.3. The van der Waals surface area contributed by atoms with Gasteiger partial charge in [-0.3, -0.25) is 4.79 Å². The van der Waals surface area contributed by atoms with E-state index in [0.717, 1.165) is 10.9 Å². The number of amides is 1. The second-order valence-corrected chi connectivity index (χ2v) is 6.59. The second-order valence-electron chi connectivity index (χ2n) is 4.65. The highest BCUT2D eigenvalue weighted by molar-refractivity contribution is 7.94. The Labute approximate surface area is 115 Å². The monoisotopic (exact) mass is 292 g/mol. The van der Waals surface area contributed by atoms with Crippen LogP contribution in [0.25, 0.3) is 11.0 Å². The molecule has 3 rings (SSSR count). The van der Waals surface area contributed by atoms with Crippen molar-refractivity contribution in [2.24, 2.45) is 7.05 Å². The van der Waals surface area contributed by atoms with E-state index in [-0.39, 0.29) is 11.7 Å². The molecule has 1 aromatic carbocycles. The van der Waals surface area contributed by atoms with E-state index in [1.807, 2.05) is 0 Å². The summed E-state index contributed by atoms with van der Waals surface area (Å²) >= 11 is 0. The Kier molecular flexibility index (Phi) is 2.82. The van der Waals surface area contributed by atoms with Gasteiger partial charge in [-0.25, -0.2) is 13.1 Å². The van der Waals surface area contributed by atoms with Gasteiger partial charge >= 0.3 is 0 Å². The molecule has 0 fully saturated rings. The van der Waals surface area contributed by atoms with E-state index < -0.39 is 15.9 Å². The smallest absolute Gasteiger partial charge is 0.251 e. The van der Waals surface area contributed by atoms with E-state index >= 15 is 0 Å². The first kappa shape index (κ1) is 12.8. The number of aryl methyl sites for hydroxylation is 1. The fraction of sp³-hybridized carbons (Fsp3) is 0.250. The van der Waals surface area contributed by atoms with Gasteiger partial charge in [0.1, 0.15) is 5.52 Å². The molecule has 1 N–H and O–H groups in total. The van der Waals surface area contributed by atoms with Gasteiger partial charge in [0, 0.05) is 18.0 Å². The van der Waals surface area contributed by atoms with Crippen LogP contribution in [0.3, 0.4) is 0 Å². The fourth-order valence-electron chi connectivity index (χ4n) is 2.10. The standard InChI is InChI=1S/C12H12N4O3S/c1-16-11-3-2-8(6-10(11)14-15-16)12(17)13-9-4-5-20(18,19)7-9/h2-6,9H,7H2,1H3,(H,13,17)/t9-/m1/s1. The maximum Gasteiger partial charge on any atom is 0.251 e. The average Bonchev–Trinajstić information content (AvgIpc) is 2.92. The van der Waals surface area contributed by atoms with E-state index in [1.165, 1.54) is 6.08 Å². The minimum atomic E-state index is -3.18. The number of hydrogen-bond acceptors (Lipinski definition) is 5. The number of fused-ring (bicyclic) bond motifs is 1. The topological polar surface area (TPSA) is 93.9 Å². The summed E-state index contributed by atoms with van der Waals surface area (Å²) in [5.74, 6) is -0.420. The lowest BCUT2D eigenvalue weighted by molar-refractivity contribution is 0.0948. The maximum absolute atomic E-state index is 12.1. The van der Waals surface area contributed by atoms with Gasteiger partial charge in [0.15, 0.2) is 9.84 Å². The van der Waals surface area contributed by atoms with E-state index in [2.05, 4.69) is 15.6 Å². The van der Waals surface area contributed by atoms with E-state index in [1.54, 1.807) is 29.9 Å². The van der Waals surface area contributed by atoms with Crippen molar-refractivity contribution >= 4 is 26.8 Å². The lowest BCUT2D eigenvalue weighted by Gasteiger charge is -2.09. The SMILES string of the molecule is Cn1nnc2cc(C(=O)N[C@@H]3C=CS(=O)(=O)C3)ccc21. The molecule has 1 aromatic heterocycles. The van der Waals surface area contributed by atoms with Crippen LogP contribution in [0.5, 0.6) is 0 Å². The molecular weight excluding hydrogens is 280 g/mol. The summed E-state index contributed by atoms with van der Waals surface area (Å²) in [5.41, 5.74) is 1.87. The number of hydrogen-bond donors (Lipinski definition) is 1. The maximum atomic E-state index is 12.1. The lowest BCUT2D eigenvalue weighted by Crippen LogP contribution is -2.35. The summed E-state index contributed by atoms with van der Waals surface area (Å²) in [6.45, 7) is 0. The first-order valence-electron chi connectivity index (χ1n) is 5.96. The van der Waals surface area contributed by atoms with Gasteiger partial charge in [0.2, 0.25) is 0 Å². The Morgan fingerprint density at radius 2 is 2.25 bits per heavy atom. The van der Waals surface area contributed by atoms with Crippen LogP contribution in [0.2, 0.25) is 0 Å². The normalized spacial score (nSPS) is 20.4. The molecule has 0 saturated carbocycles. The van der Waals surface area contributed by atoms with Crippen LogP contribution in [0.4, 0.5) is 0 Å². The number of aromatic nitrogens is 3. The zero-order valence-corrected chi connectivity index (χ0v) is 11.5. The molecule has 0 radical (unpaired) electrons. The van der Waals surface area contributed by atoms with Crippen LogP contribution in [-0.2, 0) is 16.9 Å². The highest BCUT2D eigenvalue weighted by Gasteiger charge is 2.23. The molecule has 0 saturated heterocycles. The van der Waals surface area contributed by atoms with Crippen molar-refractivity contribution in [3.05, 3.63) is 35.2 Å². The fourth-order valence-corrected chi connectivity index (χ4v) is 3.33. The van der Waals surface area contributed by atoms with Gasteiger partial charge in [0.05, 0.1) is 17.3 Å². The van der Waals surface area contributed by atoms with Gasteiger partial charge in [-0.15, -0.1) is 5.10 Å². The molecule has 104 valence electrons. The van der Waals surface area contributed by atoms with E-state index in [4.69, 9.17) is 0 Å². The van der Waals surface area contributed by atoms with Crippen molar-refractivity contribution in [1.29, 1.82) is 0 Å². The van der Waals surface area contributed by atoms with Crippen molar-refractivity contribution in [3.63, 3.8) is 0 Å². The highest BCUT2D eigenvalue weighted by Crippen LogP contribution is 2.14. The summed E-state index contributed by atoms with van der Waals surface area (Å²) in [6.07, 6.45) is 1.48.